The molecule has 0 aliphatic carbocycles. The van der Waals surface area contributed by atoms with Gasteiger partial charge in [0.1, 0.15) is 0 Å². The van der Waals surface area contributed by atoms with E-state index < -0.39 is 5.91 Å². The molecule has 24 heavy (non-hydrogen) atoms. The average Bonchev–Trinajstić information content (AvgIpc) is 2.92. The van der Waals surface area contributed by atoms with E-state index in [4.69, 9.17) is 5.73 Å². The molecule has 0 saturated heterocycles. The van der Waals surface area contributed by atoms with E-state index in [1.54, 1.807) is 18.2 Å². The van der Waals surface area contributed by atoms with Gasteiger partial charge in [0.25, 0.3) is 0 Å². The summed E-state index contributed by atoms with van der Waals surface area (Å²) in [7, 11) is 0. The number of H-pyrrole nitrogens is 1. The molecule has 2 amide bonds. The maximum absolute atomic E-state index is 12.1. The molecule has 0 radical (unpaired) electrons. The summed E-state index contributed by atoms with van der Waals surface area (Å²) < 4.78 is 1.45. The van der Waals surface area contributed by atoms with Crippen molar-refractivity contribution >= 4 is 41.0 Å². The first kappa shape index (κ1) is 18.1. The second-order valence-corrected chi connectivity index (χ2v) is 6.60. The Morgan fingerprint density at radius 2 is 2.04 bits per heavy atom. The zero-order valence-electron chi connectivity index (χ0n) is 12.9. The highest BCUT2D eigenvalue weighted by Crippen LogP contribution is 2.27. The lowest BCUT2D eigenvalue weighted by Gasteiger charge is -2.10. The Morgan fingerprint density at radius 3 is 2.75 bits per heavy atom. The summed E-state index contributed by atoms with van der Waals surface area (Å²) in [5.41, 5.74) is 5.46. The van der Waals surface area contributed by atoms with Crippen molar-refractivity contribution in [3.05, 3.63) is 34.7 Å². The van der Waals surface area contributed by atoms with Crippen LogP contribution in [0.5, 0.6) is 0 Å². The first-order valence-corrected chi connectivity index (χ1v) is 9.06. The molecule has 0 unspecified atom stereocenters. The SMILES string of the molecule is CCn1c(SCC(=O)Nc2ccccc2SCC(N)=O)n[nH]c1=O. The van der Waals surface area contributed by atoms with Crippen molar-refractivity contribution in [1.82, 2.24) is 14.8 Å². The van der Waals surface area contributed by atoms with E-state index >= 15 is 0 Å². The van der Waals surface area contributed by atoms with E-state index in [2.05, 4.69) is 15.5 Å². The van der Waals surface area contributed by atoms with Crippen LogP contribution in [0.2, 0.25) is 0 Å². The molecule has 0 aliphatic rings. The van der Waals surface area contributed by atoms with E-state index in [0.29, 0.717) is 17.4 Å². The van der Waals surface area contributed by atoms with Gasteiger partial charge in [-0.25, -0.2) is 9.89 Å². The van der Waals surface area contributed by atoms with Crippen molar-refractivity contribution in [3.63, 3.8) is 0 Å². The van der Waals surface area contributed by atoms with Crippen molar-refractivity contribution < 1.29 is 9.59 Å². The van der Waals surface area contributed by atoms with E-state index in [-0.39, 0.29) is 23.1 Å². The molecule has 0 bridgehead atoms. The zero-order valence-corrected chi connectivity index (χ0v) is 14.6. The Bertz CT molecular complexity index is 787. The fourth-order valence-corrected chi connectivity index (χ4v) is 3.41. The number of thioether (sulfide) groups is 2. The summed E-state index contributed by atoms with van der Waals surface area (Å²) in [5.74, 6) is -0.408. The number of anilines is 1. The van der Waals surface area contributed by atoms with E-state index in [1.807, 2.05) is 13.0 Å². The third kappa shape index (κ3) is 4.90. The monoisotopic (exact) mass is 367 g/mol. The van der Waals surface area contributed by atoms with Gasteiger partial charge in [-0.15, -0.1) is 16.9 Å². The van der Waals surface area contributed by atoms with Crippen LogP contribution in [-0.4, -0.2) is 38.1 Å². The van der Waals surface area contributed by atoms with Crippen LogP contribution < -0.4 is 16.7 Å². The van der Waals surface area contributed by atoms with Gasteiger partial charge in [-0.1, -0.05) is 23.9 Å². The number of para-hydroxylation sites is 1. The highest BCUT2D eigenvalue weighted by atomic mass is 32.2. The van der Waals surface area contributed by atoms with Gasteiger partial charge in [0.2, 0.25) is 11.8 Å². The van der Waals surface area contributed by atoms with Crippen LogP contribution in [0.25, 0.3) is 0 Å². The predicted molar refractivity (Wildman–Crippen MR) is 94.2 cm³/mol. The van der Waals surface area contributed by atoms with E-state index in [0.717, 1.165) is 4.90 Å². The lowest BCUT2D eigenvalue weighted by molar-refractivity contribution is -0.115. The average molecular weight is 367 g/mol. The maximum Gasteiger partial charge on any atom is 0.343 e. The van der Waals surface area contributed by atoms with E-state index in [9.17, 15) is 14.4 Å². The number of nitrogens with zero attached hydrogens (tertiary/aromatic N) is 2. The van der Waals surface area contributed by atoms with Crippen LogP contribution >= 0.6 is 23.5 Å². The minimum Gasteiger partial charge on any atom is -0.369 e. The number of rotatable bonds is 8. The molecule has 0 aliphatic heterocycles. The molecule has 2 aromatic rings. The largest absolute Gasteiger partial charge is 0.369 e. The number of carbonyl (C=O) groups is 2. The second kappa shape index (κ2) is 8.60. The minimum absolute atomic E-state index is 0.110. The van der Waals surface area contributed by atoms with Crippen LogP contribution in [0.1, 0.15) is 6.92 Å². The Kier molecular flexibility index (Phi) is 6.50. The molecule has 128 valence electrons. The van der Waals surface area contributed by atoms with Gasteiger partial charge >= 0.3 is 5.69 Å². The number of carbonyl (C=O) groups excluding carboxylic acids is 2. The number of primary amides is 1. The first-order chi connectivity index (χ1) is 11.5. The number of nitrogens with two attached hydrogens (primary N) is 1. The maximum atomic E-state index is 12.1. The molecule has 0 atom stereocenters. The summed E-state index contributed by atoms with van der Waals surface area (Å²) in [6.45, 7) is 2.30. The number of aromatic nitrogens is 3. The van der Waals surface area contributed by atoms with Crippen LogP contribution in [0.3, 0.4) is 0 Å². The van der Waals surface area contributed by atoms with Crippen molar-refractivity contribution in [3.8, 4) is 0 Å². The Hall–Kier alpha value is -2.20. The highest BCUT2D eigenvalue weighted by Gasteiger charge is 2.12. The van der Waals surface area contributed by atoms with Gasteiger partial charge < -0.3 is 11.1 Å². The molecule has 0 saturated carbocycles. The lowest BCUT2D eigenvalue weighted by atomic mass is 10.3. The number of hydrogen-bond acceptors (Lipinski definition) is 6. The van der Waals surface area contributed by atoms with Crippen molar-refractivity contribution in [2.45, 2.75) is 23.5 Å². The fraction of sp³-hybridized carbons (Fsp3) is 0.286. The van der Waals surface area contributed by atoms with Gasteiger partial charge in [-0.3, -0.25) is 14.2 Å². The summed E-state index contributed by atoms with van der Waals surface area (Å²) >= 11 is 2.43. The number of aromatic amines is 1. The molecule has 10 heteroatoms. The number of hydrogen-bond donors (Lipinski definition) is 3. The molecule has 0 spiro atoms. The topological polar surface area (TPSA) is 123 Å². The van der Waals surface area contributed by atoms with Gasteiger partial charge in [-0.2, -0.15) is 0 Å². The summed E-state index contributed by atoms with van der Waals surface area (Å²) in [6.07, 6.45) is 0. The molecular formula is C14H17N5O3S2. The Balaban J connectivity index is 1.97. The number of amides is 2. The van der Waals surface area contributed by atoms with Crippen molar-refractivity contribution in [2.75, 3.05) is 16.8 Å². The molecule has 4 N–H and O–H groups in total. The smallest absolute Gasteiger partial charge is 0.343 e. The second-order valence-electron chi connectivity index (χ2n) is 4.64. The van der Waals surface area contributed by atoms with Gasteiger partial charge in [0.05, 0.1) is 17.2 Å². The normalized spacial score (nSPS) is 10.5. The predicted octanol–water partition coefficient (Wildman–Crippen LogP) is 0.899. The molecule has 8 nitrogen and oxygen atoms in total. The first-order valence-electron chi connectivity index (χ1n) is 7.09. The van der Waals surface area contributed by atoms with E-state index in [1.165, 1.54) is 28.1 Å². The number of benzene rings is 1. The molecule has 1 heterocycles. The fourth-order valence-electron chi connectivity index (χ4n) is 1.85. The molecule has 1 aromatic carbocycles. The molecule has 1 aromatic heterocycles. The Morgan fingerprint density at radius 1 is 1.29 bits per heavy atom. The summed E-state index contributed by atoms with van der Waals surface area (Å²) in [6, 6.07) is 7.16. The zero-order chi connectivity index (χ0) is 17.5. The summed E-state index contributed by atoms with van der Waals surface area (Å²) in [4.78, 5) is 35.3. The quantitative estimate of drug-likeness (QED) is 0.596. The van der Waals surface area contributed by atoms with Crippen LogP contribution in [0.15, 0.2) is 39.1 Å². The minimum atomic E-state index is -0.423. The third-order valence-corrected chi connectivity index (χ3v) is 4.98. The highest BCUT2D eigenvalue weighted by molar-refractivity contribution is 8.00. The van der Waals surface area contributed by atoms with Crippen molar-refractivity contribution in [2.24, 2.45) is 5.73 Å². The lowest BCUT2D eigenvalue weighted by Crippen LogP contribution is -2.18. The van der Waals surface area contributed by atoms with Crippen molar-refractivity contribution in [1.29, 1.82) is 0 Å². The molecular weight excluding hydrogens is 350 g/mol. The van der Waals surface area contributed by atoms with Crippen LogP contribution in [0, 0.1) is 0 Å². The standard InChI is InChI=1S/C14H17N5O3S2/c1-2-19-13(22)17-18-14(19)24-8-12(21)16-9-5-3-4-6-10(9)23-7-11(15)20/h3-6H,2,7-8H2,1H3,(H2,15,20)(H,16,21)(H,17,22). The molecule has 0 fully saturated rings. The number of nitrogens with one attached hydrogen (secondary N) is 2. The van der Waals surface area contributed by atoms with Crippen LogP contribution in [0.4, 0.5) is 5.69 Å². The Labute approximate surface area is 146 Å². The summed E-state index contributed by atoms with van der Waals surface area (Å²) in [5, 5.41) is 9.50. The van der Waals surface area contributed by atoms with Crippen LogP contribution in [-0.2, 0) is 16.1 Å². The van der Waals surface area contributed by atoms with Gasteiger partial charge in [0, 0.05) is 11.4 Å². The third-order valence-electron chi connectivity index (χ3n) is 2.90. The van der Waals surface area contributed by atoms with Gasteiger partial charge in [0.15, 0.2) is 5.16 Å². The molecule has 2 rings (SSSR count). The van der Waals surface area contributed by atoms with Gasteiger partial charge in [-0.05, 0) is 19.1 Å².